The summed E-state index contributed by atoms with van der Waals surface area (Å²) in [5.41, 5.74) is 6.23. The molecular formula is C12H21N3O2. The second-order valence-electron chi connectivity index (χ2n) is 4.55. The molecule has 0 aliphatic rings. The zero-order valence-corrected chi connectivity index (χ0v) is 10.5. The molecule has 0 bridgehead atoms. The van der Waals surface area contributed by atoms with Crippen LogP contribution in [0.25, 0.3) is 0 Å². The number of aromatic nitrogens is 2. The van der Waals surface area contributed by atoms with Crippen molar-refractivity contribution in [2.45, 2.75) is 38.7 Å². The van der Waals surface area contributed by atoms with Crippen molar-refractivity contribution in [3.05, 3.63) is 18.0 Å². The number of nitrogens with zero attached hydrogens (tertiary/aromatic N) is 2. The maximum atomic E-state index is 10.7. The minimum Gasteiger partial charge on any atom is -0.392 e. The van der Waals surface area contributed by atoms with Gasteiger partial charge in [-0.05, 0) is 31.2 Å². The van der Waals surface area contributed by atoms with Crippen LogP contribution in [-0.4, -0.2) is 26.9 Å². The predicted octanol–water partition coefficient (Wildman–Crippen LogP) is 0.615. The minimum atomic E-state index is -0.626. The van der Waals surface area contributed by atoms with Crippen LogP contribution in [0.4, 0.5) is 0 Å². The number of carbonyl (C=O) groups is 1. The number of aliphatic hydroxyl groups is 1. The highest BCUT2D eigenvalue weighted by atomic mass is 16.3. The number of aliphatic hydroxyl groups excluding tert-OH is 1. The van der Waals surface area contributed by atoms with Gasteiger partial charge in [0.05, 0.1) is 12.5 Å². The fourth-order valence-electron chi connectivity index (χ4n) is 1.85. The van der Waals surface area contributed by atoms with Crippen LogP contribution in [0.1, 0.15) is 31.9 Å². The zero-order valence-electron chi connectivity index (χ0n) is 10.5. The first kappa shape index (κ1) is 13.7. The van der Waals surface area contributed by atoms with Gasteiger partial charge in [-0.3, -0.25) is 9.48 Å². The Kier molecular flexibility index (Phi) is 5.15. The number of primary amides is 1. The number of hydrogen-bond donors (Lipinski definition) is 2. The lowest BCUT2D eigenvalue weighted by Gasteiger charge is -2.17. The van der Waals surface area contributed by atoms with Crippen LogP contribution in [0.5, 0.6) is 0 Å². The number of hydrogen-bond acceptors (Lipinski definition) is 3. The minimum absolute atomic E-state index is 0.0485. The van der Waals surface area contributed by atoms with Crippen LogP contribution in [0.15, 0.2) is 12.3 Å². The largest absolute Gasteiger partial charge is 0.392 e. The van der Waals surface area contributed by atoms with Crippen molar-refractivity contribution in [1.29, 1.82) is 0 Å². The van der Waals surface area contributed by atoms with Crippen molar-refractivity contribution in [3.63, 3.8) is 0 Å². The lowest BCUT2D eigenvalue weighted by molar-refractivity contribution is -0.120. The molecule has 96 valence electrons. The summed E-state index contributed by atoms with van der Waals surface area (Å²) in [6, 6.07) is 1.99. The van der Waals surface area contributed by atoms with Gasteiger partial charge in [-0.25, -0.2) is 0 Å². The highest BCUT2D eigenvalue weighted by Gasteiger charge is 2.16. The fourth-order valence-corrected chi connectivity index (χ4v) is 1.85. The Morgan fingerprint density at radius 3 is 2.88 bits per heavy atom. The summed E-state index contributed by atoms with van der Waals surface area (Å²) in [5, 5.41) is 13.8. The summed E-state index contributed by atoms with van der Waals surface area (Å²) in [6.07, 6.45) is 3.98. The van der Waals surface area contributed by atoms with Gasteiger partial charge in [-0.1, -0.05) is 6.92 Å². The molecule has 0 aromatic carbocycles. The Labute approximate surface area is 102 Å². The van der Waals surface area contributed by atoms with E-state index in [2.05, 4.69) is 5.10 Å². The van der Waals surface area contributed by atoms with Crippen LogP contribution < -0.4 is 5.73 Å². The van der Waals surface area contributed by atoms with Crippen LogP contribution in [0.2, 0.25) is 0 Å². The molecule has 2 atom stereocenters. The van der Waals surface area contributed by atoms with E-state index >= 15 is 0 Å². The molecule has 0 spiro atoms. The van der Waals surface area contributed by atoms with E-state index in [4.69, 9.17) is 5.73 Å². The molecule has 1 aromatic heterocycles. The average Bonchev–Trinajstić information content (AvgIpc) is 2.63. The maximum absolute atomic E-state index is 10.7. The molecule has 0 radical (unpaired) electrons. The second-order valence-corrected chi connectivity index (χ2v) is 4.55. The molecule has 0 unspecified atom stereocenters. The van der Waals surface area contributed by atoms with E-state index < -0.39 is 12.0 Å². The Balaban J connectivity index is 2.26. The lowest BCUT2D eigenvalue weighted by Crippen LogP contribution is -2.25. The third-order valence-corrected chi connectivity index (χ3v) is 3.08. The van der Waals surface area contributed by atoms with Gasteiger partial charge in [-0.2, -0.15) is 5.10 Å². The van der Waals surface area contributed by atoms with E-state index in [0.29, 0.717) is 0 Å². The Morgan fingerprint density at radius 2 is 2.35 bits per heavy atom. The molecule has 1 rings (SSSR count). The first-order valence-electron chi connectivity index (χ1n) is 5.94. The van der Waals surface area contributed by atoms with Crippen LogP contribution >= 0.6 is 0 Å². The molecule has 1 aromatic rings. The van der Waals surface area contributed by atoms with E-state index in [1.807, 2.05) is 24.7 Å². The summed E-state index contributed by atoms with van der Waals surface area (Å²) in [7, 11) is 1.92. The van der Waals surface area contributed by atoms with E-state index in [1.165, 1.54) is 5.69 Å². The second kappa shape index (κ2) is 6.39. The van der Waals surface area contributed by atoms with Crippen molar-refractivity contribution >= 4 is 5.91 Å². The molecule has 17 heavy (non-hydrogen) atoms. The van der Waals surface area contributed by atoms with E-state index in [9.17, 15) is 9.90 Å². The monoisotopic (exact) mass is 239 g/mol. The number of carbonyl (C=O) groups excluding carboxylic acids is 1. The van der Waals surface area contributed by atoms with E-state index in [0.717, 1.165) is 19.3 Å². The van der Waals surface area contributed by atoms with Crippen molar-refractivity contribution in [1.82, 2.24) is 9.78 Å². The summed E-state index contributed by atoms with van der Waals surface area (Å²) in [4.78, 5) is 10.7. The average molecular weight is 239 g/mol. The summed E-state index contributed by atoms with van der Waals surface area (Å²) >= 11 is 0. The van der Waals surface area contributed by atoms with E-state index in [-0.39, 0.29) is 12.3 Å². The summed E-state index contributed by atoms with van der Waals surface area (Å²) < 4.78 is 1.85. The summed E-state index contributed by atoms with van der Waals surface area (Å²) in [5.74, 6) is -0.355. The van der Waals surface area contributed by atoms with Gasteiger partial charge < -0.3 is 10.8 Å². The van der Waals surface area contributed by atoms with Crippen molar-refractivity contribution in [3.8, 4) is 0 Å². The van der Waals surface area contributed by atoms with Crippen LogP contribution in [0.3, 0.4) is 0 Å². The molecule has 0 aliphatic heterocycles. The molecule has 3 N–H and O–H groups in total. The normalized spacial score (nSPS) is 14.5. The third-order valence-electron chi connectivity index (χ3n) is 3.08. The molecule has 0 fully saturated rings. The van der Waals surface area contributed by atoms with Gasteiger partial charge >= 0.3 is 0 Å². The lowest BCUT2D eigenvalue weighted by atomic mass is 9.95. The van der Waals surface area contributed by atoms with Gasteiger partial charge in [0.25, 0.3) is 0 Å². The first-order valence-corrected chi connectivity index (χ1v) is 5.94. The van der Waals surface area contributed by atoms with E-state index in [1.54, 1.807) is 6.20 Å². The van der Waals surface area contributed by atoms with Gasteiger partial charge in [0, 0.05) is 18.9 Å². The topological polar surface area (TPSA) is 81.1 Å². The molecule has 0 saturated carbocycles. The Bertz CT molecular complexity index is 362. The Morgan fingerprint density at radius 1 is 1.65 bits per heavy atom. The van der Waals surface area contributed by atoms with Crippen LogP contribution in [0, 0.1) is 5.92 Å². The molecule has 5 nitrogen and oxygen atoms in total. The van der Waals surface area contributed by atoms with Gasteiger partial charge in [0.2, 0.25) is 5.91 Å². The zero-order chi connectivity index (χ0) is 12.8. The molecular weight excluding hydrogens is 218 g/mol. The number of rotatable bonds is 7. The smallest absolute Gasteiger partial charge is 0.220 e. The quantitative estimate of drug-likeness (QED) is 0.731. The maximum Gasteiger partial charge on any atom is 0.220 e. The first-order chi connectivity index (χ1) is 8.00. The molecule has 0 aliphatic carbocycles. The van der Waals surface area contributed by atoms with Crippen molar-refractivity contribution < 1.29 is 9.90 Å². The predicted molar refractivity (Wildman–Crippen MR) is 65.1 cm³/mol. The fraction of sp³-hybridized carbons (Fsp3) is 0.667. The third kappa shape index (κ3) is 4.56. The van der Waals surface area contributed by atoms with Crippen molar-refractivity contribution in [2.24, 2.45) is 18.7 Å². The molecule has 1 amide bonds. The molecule has 5 heteroatoms. The highest BCUT2D eigenvalue weighted by Crippen LogP contribution is 2.15. The highest BCUT2D eigenvalue weighted by molar-refractivity contribution is 5.74. The van der Waals surface area contributed by atoms with Crippen LogP contribution in [-0.2, 0) is 18.3 Å². The SMILES string of the molecule is C[C@H](CCCc1ccnn1C)[C@@H](O)CC(N)=O. The number of aryl methyl sites for hydroxylation is 2. The van der Waals surface area contributed by atoms with Gasteiger partial charge in [0.15, 0.2) is 0 Å². The summed E-state index contributed by atoms with van der Waals surface area (Å²) in [6.45, 7) is 1.94. The standard InChI is InChI=1S/C12H21N3O2/c1-9(11(16)8-12(13)17)4-3-5-10-6-7-14-15(10)2/h6-7,9,11,16H,3-5,8H2,1-2H3,(H2,13,17)/t9-,11+/m1/s1. The van der Waals surface area contributed by atoms with Gasteiger partial charge in [-0.15, -0.1) is 0 Å². The van der Waals surface area contributed by atoms with Crippen molar-refractivity contribution in [2.75, 3.05) is 0 Å². The molecule has 0 saturated heterocycles. The Hall–Kier alpha value is -1.36. The number of amides is 1. The molecule has 1 heterocycles. The van der Waals surface area contributed by atoms with Gasteiger partial charge in [0.1, 0.15) is 0 Å². The number of nitrogens with two attached hydrogens (primary N) is 1.